The summed E-state index contributed by atoms with van der Waals surface area (Å²) in [4.78, 5) is 29.2. The van der Waals surface area contributed by atoms with Gasteiger partial charge in [0.1, 0.15) is 5.75 Å². The average Bonchev–Trinajstić information content (AvgIpc) is 2.83. The Morgan fingerprint density at radius 3 is 2.40 bits per heavy atom. The number of para-hydroxylation sites is 1. The van der Waals surface area contributed by atoms with Gasteiger partial charge in [-0.15, -0.1) is 0 Å². The van der Waals surface area contributed by atoms with Gasteiger partial charge in [0, 0.05) is 33.3 Å². The molecule has 0 radical (unpaired) electrons. The predicted octanol–water partition coefficient (Wildman–Crippen LogP) is 1.88. The van der Waals surface area contributed by atoms with E-state index in [4.69, 9.17) is 4.74 Å². The lowest BCUT2D eigenvalue weighted by atomic mass is 9.68. The molecular weight excluding hydrogens is 320 g/mol. The van der Waals surface area contributed by atoms with Gasteiger partial charge in [-0.2, -0.15) is 0 Å². The molecular formula is C19H26N2O4. The Kier molecular flexibility index (Phi) is 5.27. The van der Waals surface area contributed by atoms with Crippen LogP contribution in [0.2, 0.25) is 0 Å². The van der Waals surface area contributed by atoms with Crippen molar-refractivity contribution in [1.29, 1.82) is 0 Å². The van der Waals surface area contributed by atoms with Crippen molar-refractivity contribution in [2.45, 2.75) is 25.7 Å². The Labute approximate surface area is 148 Å². The van der Waals surface area contributed by atoms with Gasteiger partial charge in [0.2, 0.25) is 5.91 Å². The summed E-state index contributed by atoms with van der Waals surface area (Å²) in [5.74, 6) is -0.0155. The van der Waals surface area contributed by atoms with E-state index in [9.17, 15) is 14.7 Å². The maximum atomic E-state index is 12.9. The molecule has 2 aliphatic rings. The smallest absolute Gasteiger partial charge is 0.257 e. The van der Waals surface area contributed by atoms with Gasteiger partial charge in [0.15, 0.2) is 0 Å². The van der Waals surface area contributed by atoms with Crippen LogP contribution in [0, 0.1) is 5.41 Å². The monoisotopic (exact) mass is 346 g/mol. The molecule has 1 aliphatic heterocycles. The van der Waals surface area contributed by atoms with Crippen LogP contribution in [0.5, 0.6) is 5.75 Å². The van der Waals surface area contributed by atoms with Gasteiger partial charge in [-0.3, -0.25) is 9.59 Å². The molecule has 6 nitrogen and oxygen atoms in total. The summed E-state index contributed by atoms with van der Waals surface area (Å²) in [7, 11) is 1.64. The molecule has 1 aromatic rings. The van der Waals surface area contributed by atoms with Crippen molar-refractivity contribution < 1.29 is 19.4 Å². The van der Waals surface area contributed by atoms with Crippen LogP contribution in [0.4, 0.5) is 0 Å². The molecule has 6 heteroatoms. The van der Waals surface area contributed by atoms with Crippen LogP contribution in [0.25, 0.3) is 0 Å². The summed E-state index contributed by atoms with van der Waals surface area (Å²) in [5.41, 5.74) is -0.0387. The van der Waals surface area contributed by atoms with Crippen LogP contribution < -0.4 is 0 Å². The first-order chi connectivity index (χ1) is 12.1. The average molecular weight is 346 g/mol. The molecule has 0 atom stereocenters. The normalized spacial score (nSPS) is 19.9. The Balaban J connectivity index is 1.65. The van der Waals surface area contributed by atoms with E-state index in [2.05, 4.69) is 0 Å². The third-order valence-electron chi connectivity index (χ3n) is 5.39. The van der Waals surface area contributed by atoms with Crippen molar-refractivity contribution in [2.24, 2.45) is 5.41 Å². The molecule has 1 aliphatic carbocycles. The maximum absolute atomic E-state index is 12.9. The van der Waals surface area contributed by atoms with E-state index < -0.39 is 0 Å². The zero-order chi connectivity index (χ0) is 17.9. The molecule has 1 saturated carbocycles. The van der Waals surface area contributed by atoms with Crippen LogP contribution in [0.15, 0.2) is 24.3 Å². The number of phenols is 1. The number of hydrogen-bond acceptors (Lipinski definition) is 4. The quantitative estimate of drug-likeness (QED) is 0.904. The molecule has 1 aromatic carbocycles. The second kappa shape index (κ2) is 7.44. The Morgan fingerprint density at radius 1 is 1.08 bits per heavy atom. The summed E-state index contributed by atoms with van der Waals surface area (Å²) in [6.45, 7) is 2.75. The molecule has 0 spiro atoms. The van der Waals surface area contributed by atoms with Gasteiger partial charge in [0.25, 0.3) is 5.91 Å². The summed E-state index contributed by atoms with van der Waals surface area (Å²) in [6.07, 6.45) is 3.59. The van der Waals surface area contributed by atoms with Crippen molar-refractivity contribution in [1.82, 2.24) is 9.80 Å². The third-order valence-corrected chi connectivity index (χ3v) is 5.39. The highest BCUT2D eigenvalue weighted by Gasteiger charge is 2.46. The van der Waals surface area contributed by atoms with Gasteiger partial charge < -0.3 is 19.6 Å². The molecule has 0 bridgehead atoms. The molecule has 1 heterocycles. The summed E-state index contributed by atoms with van der Waals surface area (Å²) in [5, 5.41) is 9.90. The van der Waals surface area contributed by atoms with Gasteiger partial charge in [0.05, 0.1) is 17.6 Å². The second-order valence-electron chi connectivity index (χ2n) is 7.02. The Bertz CT molecular complexity index is 642. The van der Waals surface area contributed by atoms with E-state index >= 15 is 0 Å². The predicted molar refractivity (Wildman–Crippen MR) is 93.4 cm³/mol. The molecule has 2 fully saturated rings. The molecule has 136 valence electrons. The molecule has 1 N–H and O–H groups in total. The van der Waals surface area contributed by atoms with Crippen LogP contribution >= 0.6 is 0 Å². The highest BCUT2D eigenvalue weighted by atomic mass is 16.5. The van der Waals surface area contributed by atoms with Crippen molar-refractivity contribution in [3.05, 3.63) is 29.8 Å². The number of ether oxygens (including phenoxy) is 1. The van der Waals surface area contributed by atoms with Crippen molar-refractivity contribution in [3.8, 4) is 5.75 Å². The Hall–Kier alpha value is -2.08. The summed E-state index contributed by atoms with van der Waals surface area (Å²) in [6, 6.07) is 6.59. The number of nitrogens with zero attached hydrogens (tertiary/aromatic N) is 2. The zero-order valence-corrected chi connectivity index (χ0v) is 14.7. The SMILES string of the molecule is COCC1(C(=O)N2CCCN(C(=O)c3ccccc3O)CC2)CCC1. The number of phenolic OH excluding ortho intramolecular Hbond substituents is 1. The summed E-state index contributed by atoms with van der Waals surface area (Å²) >= 11 is 0. The van der Waals surface area contributed by atoms with E-state index in [0.29, 0.717) is 38.3 Å². The van der Waals surface area contributed by atoms with Crippen molar-refractivity contribution in [2.75, 3.05) is 39.9 Å². The first kappa shape index (κ1) is 17.7. The Morgan fingerprint density at radius 2 is 1.76 bits per heavy atom. The molecule has 3 rings (SSSR count). The first-order valence-corrected chi connectivity index (χ1v) is 8.93. The van der Waals surface area contributed by atoms with Crippen LogP contribution in [0.3, 0.4) is 0 Å². The fourth-order valence-corrected chi connectivity index (χ4v) is 3.78. The second-order valence-corrected chi connectivity index (χ2v) is 7.02. The van der Waals surface area contributed by atoms with Crippen molar-refractivity contribution >= 4 is 11.8 Å². The molecule has 25 heavy (non-hydrogen) atoms. The number of benzene rings is 1. The molecule has 2 amide bonds. The minimum absolute atomic E-state index is 0.00167. The maximum Gasteiger partial charge on any atom is 0.257 e. The van der Waals surface area contributed by atoms with Gasteiger partial charge in [-0.25, -0.2) is 0 Å². The number of carbonyl (C=O) groups is 2. The highest BCUT2D eigenvalue weighted by Crippen LogP contribution is 2.42. The van der Waals surface area contributed by atoms with E-state index in [1.165, 1.54) is 6.07 Å². The zero-order valence-electron chi connectivity index (χ0n) is 14.7. The van der Waals surface area contributed by atoms with Crippen molar-refractivity contribution in [3.63, 3.8) is 0 Å². The standard InChI is InChI=1S/C19H26N2O4/c1-25-14-19(8-4-9-19)18(24)21-11-5-10-20(12-13-21)17(23)15-6-2-3-7-16(15)22/h2-3,6-7,22H,4-5,8-14H2,1H3. The van der Waals surface area contributed by atoms with Crippen LogP contribution in [-0.2, 0) is 9.53 Å². The largest absolute Gasteiger partial charge is 0.507 e. The van der Waals surface area contributed by atoms with E-state index in [0.717, 1.165) is 25.7 Å². The number of carbonyl (C=O) groups excluding carboxylic acids is 2. The van der Waals surface area contributed by atoms with Crippen LogP contribution in [0.1, 0.15) is 36.0 Å². The van der Waals surface area contributed by atoms with Crippen LogP contribution in [-0.4, -0.2) is 66.6 Å². The minimum atomic E-state index is -0.356. The number of hydrogen-bond donors (Lipinski definition) is 1. The highest BCUT2D eigenvalue weighted by molar-refractivity contribution is 5.96. The topological polar surface area (TPSA) is 70.1 Å². The van der Waals surface area contributed by atoms with Gasteiger partial charge in [-0.05, 0) is 31.4 Å². The number of amides is 2. The lowest BCUT2D eigenvalue weighted by Crippen LogP contribution is -2.51. The number of methoxy groups -OCH3 is 1. The molecule has 1 saturated heterocycles. The van der Waals surface area contributed by atoms with E-state index in [-0.39, 0.29) is 23.0 Å². The molecule has 0 aromatic heterocycles. The fourth-order valence-electron chi connectivity index (χ4n) is 3.78. The minimum Gasteiger partial charge on any atom is -0.507 e. The third kappa shape index (κ3) is 3.49. The fraction of sp³-hybridized carbons (Fsp3) is 0.579. The summed E-state index contributed by atoms with van der Waals surface area (Å²) < 4.78 is 5.28. The number of rotatable bonds is 4. The van der Waals surface area contributed by atoms with E-state index in [1.807, 2.05) is 4.90 Å². The first-order valence-electron chi connectivity index (χ1n) is 8.93. The van der Waals surface area contributed by atoms with E-state index in [1.54, 1.807) is 30.2 Å². The lowest BCUT2D eigenvalue weighted by molar-refractivity contribution is -0.152. The van der Waals surface area contributed by atoms with Gasteiger partial charge >= 0.3 is 0 Å². The lowest BCUT2D eigenvalue weighted by Gasteiger charge is -2.42. The molecule has 0 unspecified atom stereocenters. The number of aromatic hydroxyl groups is 1. The van der Waals surface area contributed by atoms with Gasteiger partial charge in [-0.1, -0.05) is 18.6 Å².